The molecule has 0 saturated heterocycles. The van der Waals surface area contributed by atoms with Crippen molar-refractivity contribution >= 4 is 39.3 Å². The van der Waals surface area contributed by atoms with Gasteiger partial charge in [0.1, 0.15) is 12.4 Å². The smallest absolute Gasteiger partial charge is 0.363 e. The van der Waals surface area contributed by atoms with Crippen molar-refractivity contribution in [1.29, 1.82) is 0 Å². The Morgan fingerprint density at radius 1 is 0.968 bits per heavy atom. The maximum absolute atomic E-state index is 13.3. The third-order valence-corrected chi connectivity index (χ3v) is 5.37. The molecule has 0 amide bonds. The zero-order chi connectivity index (χ0) is 21.7. The third kappa shape index (κ3) is 5.53. The maximum atomic E-state index is 13.3. The second kappa shape index (κ2) is 9.36. The van der Waals surface area contributed by atoms with E-state index in [2.05, 4.69) is 27.1 Å². The number of anilines is 3. The van der Waals surface area contributed by atoms with Crippen LogP contribution in [0.4, 0.5) is 30.2 Å². The largest absolute Gasteiger partial charge is 0.433 e. The highest BCUT2D eigenvalue weighted by Crippen LogP contribution is 2.34. The summed E-state index contributed by atoms with van der Waals surface area (Å²) >= 11 is 1.66. The number of thiophene rings is 1. The molecule has 4 aromatic rings. The summed E-state index contributed by atoms with van der Waals surface area (Å²) in [4.78, 5) is 3.75. The van der Waals surface area contributed by atoms with Crippen molar-refractivity contribution in [2.45, 2.75) is 12.6 Å². The first-order chi connectivity index (χ1) is 15.0. The molecule has 2 aromatic carbocycles. The summed E-state index contributed by atoms with van der Waals surface area (Å²) in [7, 11) is 0. The first kappa shape index (κ1) is 21.1. The fourth-order valence-electron chi connectivity index (χ4n) is 3.12. The van der Waals surface area contributed by atoms with E-state index in [-0.39, 0.29) is 5.52 Å². The molecule has 0 spiro atoms. The zero-order valence-corrected chi connectivity index (χ0v) is 17.3. The number of benzene rings is 2. The Morgan fingerprint density at radius 2 is 1.81 bits per heavy atom. The highest BCUT2D eigenvalue weighted by Gasteiger charge is 2.33. The summed E-state index contributed by atoms with van der Waals surface area (Å²) in [6.45, 7) is 0.939. The van der Waals surface area contributed by atoms with Gasteiger partial charge in [0.25, 0.3) is 0 Å². The van der Waals surface area contributed by atoms with Crippen LogP contribution in [0.2, 0.25) is 0 Å². The standard InChI is InChI=1S/C23H20F3N3OS/c24-23(25,26)22-13-21(19-6-1-2-7-20(19)29-22)28-18-5-3-4-17(12-18)27-15-30-10-8-16-9-11-31-14-16/h1-7,9,11-14,27H,8,10,15H2,(H,28,29). The van der Waals surface area contributed by atoms with Crippen LogP contribution in [0.1, 0.15) is 11.3 Å². The molecule has 4 rings (SSSR count). The number of pyridine rings is 1. The average molecular weight is 443 g/mol. The summed E-state index contributed by atoms with van der Waals surface area (Å²) < 4.78 is 45.5. The molecule has 0 atom stereocenters. The van der Waals surface area contributed by atoms with E-state index in [0.717, 1.165) is 18.2 Å². The van der Waals surface area contributed by atoms with E-state index in [0.29, 0.717) is 30.1 Å². The van der Waals surface area contributed by atoms with E-state index in [1.807, 2.05) is 23.6 Å². The molecule has 31 heavy (non-hydrogen) atoms. The number of nitrogens with one attached hydrogen (secondary N) is 2. The molecule has 4 nitrogen and oxygen atoms in total. The first-order valence-electron chi connectivity index (χ1n) is 9.66. The molecule has 160 valence electrons. The highest BCUT2D eigenvalue weighted by atomic mass is 32.1. The number of halogens is 3. The summed E-state index contributed by atoms with van der Waals surface area (Å²) in [6, 6.07) is 17.2. The van der Waals surface area contributed by atoms with Gasteiger partial charge in [0, 0.05) is 16.8 Å². The first-order valence-corrected chi connectivity index (χ1v) is 10.6. The predicted molar refractivity (Wildman–Crippen MR) is 119 cm³/mol. The molecule has 0 bridgehead atoms. The topological polar surface area (TPSA) is 46.2 Å². The molecule has 0 saturated carbocycles. The van der Waals surface area contributed by atoms with Crippen molar-refractivity contribution in [2.75, 3.05) is 24.0 Å². The SMILES string of the molecule is FC(F)(F)c1cc(Nc2cccc(NCOCCc3ccsc3)c2)c2ccccc2n1. The van der Waals surface area contributed by atoms with Crippen LogP contribution in [-0.2, 0) is 17.3 Å². The number of alkyl halides is 3. The van der Waals surface area contributed by atoms with Crippen LogP contribution in [-0.4, -0.2) is 18.3 Å². The zero-order valence-electron chi connectivity index (χ0n) is 16.4. The highest BCUT2D eigenvalue weighted by molar-refractivity contribution is 7.07. The van der Waals surface area contributed by atoms with Crippen LogP contribution >= 0.6 is 11.3 Å². The van der Waals surface area contributed by atoms with E-state index in [4.69, 9.17) is 4.74 Å². The van der Waals surface area contributed by atoms with Crippen molar-refractivity contribution in [2.24, 2.45) is 0 Å². The molecular formula is C23H20F3N3OS. The minimum atomic E-state index is -4.52. The van der Waals surface area contributed by atoms with Crippen LogP contribution in [0, 0.1) is 0 Å². The minimum absolute atomic E-state index is 0.285. The van der Waals surface area contributed by atoms with Gasteiger partial charge in [-0.15, -0.1) is 0 Å². The number of ether oxygens (including phenoxy) is 1. The fourth-order valence-corrected chi connectivity index (χ4v) is 3.82. The monoisotopic (exact) mass is 443 g/mol. The Morgan fingerprint density at radius 3 is 2.61 bits per heavy atom. The molecule has 8 heteroatoms. The lowest BCUT2D eigenvalue weighted by Gasteiger charge is -2.14. The molecule has 2 aromatic heterocycles. The molecule has 0 unspecified atom stereocenters. The van der Waals surface area contributed by atoms with Crippen molar-refractivity contribution in [1.82, 2.24) is 4.98 Å². The summed E-state index contributed by atoms with van der Waals surface area (Å²) in [5.74, 6) is 0. The van der Waals surface area contributed by atoms with Gasteiger partial charge in [-0.3, -0.25) is 0 Å². The third-order valence-electron chi connectivity index (χ3n) is 4.64. The van der Waals surface area contributed by atoms with Crippen molar-refractivity contribution in [3.05, 3.63) is 82.7 Å². The number of aromatic nitrogens is 1. The van der Waals surface area contributed by atoms with Gasteiger partial charge in [-0.25, -0.2) is 4.98 Å². The van der Waals surface area contributed by atoms with Gasteiger partial charge in [-0.1, -0.05) is 24.3 Å². The van der Waals surface area contributed by atoms with E-state index in [1.54, 1.807) is 41.7 Å². The summed E-state index contributed by atoms with van der Waals surface area (Å²) in [5.41, 5.74) is 2.42. The van der Waals surface area contributed by atoms with E-state index in [1.165, 1.54) is 5.56 Å². The molecule has 0 aliphatic heterocycles. The lowest BCUT2D eigenvalue weighted by molar-refractivity contribution is -0.140. The average Bonchev–Trinajstić information content (AvgIpc) is 3.27. The Balaban J connectivity index is 1.44. The van der Waals surface area contributed by atoms with Gasteiger partial charge in [0.15, 0.2) is 0 Å². The Hall–Kier alpha value is -3.10. The Labute approximate surface area is 181 Å². The van der Waals surface area contributed by atoms with E-state index >= 15 is 0 Å². The number of hydrogen-bond acceptors (Lipinski definition) is 5. The quantitative estimate of drug-likeness (QED) is 0.235. The summed E-state index contributed by atoms with van der Waals surface area (Å²) in [5, 5.41) is 11.0. The van der Waals surface area contributed by atoms with Gasteiger partial charge < -0.3 is 15.4 Å². The molecule has 0 radical (unpaired) electrons. The molecular weight excluding hydrogens is 423 g/mol. The number of hydrogen-bond donors (Lipinski definition) is 2. The lowest BCUT2D eigenvalue weighted by atomic mass is 10.1. The van der Waals surface area contributed by atoms with Crippen molar-refractivity contribution < 1.29 is 17.9 Å². The summed E-state index contributed by atoms with van der Waals surface area (Å²) in [6.07, 6.45) is -3.67. The number of rotatable bonds is 8. The predicted octanol–water partition coefficient (Wildman–Crippen LogP) is 6.69. The van der Waals surface area contributed by atoms with Crippen LogP contribution in [0.3, 0.4) is 0 Å². The van der Waals surface area contributed by atoms with E-state index in [9.17, 15) is 13.2 Å². The lowest BCUT2D eigenvalue weighted by Crippen LogP contribution is -2.09. The Bertz CT molecular complexity index is 1150. The van der Waals surface area contributed by atoms with Gasteiger partial charge in [0.2, 0.25) is 0 Å². The Kier molecular flexibility index (Phi) is 6.39. The van der Waals surface area contributed by atoms with Gasteiger partial charge in [0.05, 0.1) is 17.8 Å². The van der Waals surface area contributed by atoms with Gasteiger partial charge >= 0.3 is 6.18 Å². The normalized spacial score (nSPS) is 11.6. The molecule has 0 fully saturated rings. The minimum Gasteiger partial charge on any atom is -0.363 e. The number of para-hydroxylation sites is 1. The maximum Gasteiger partial charge on any atom is 0.433 e. The molecule has 2 heterocycles. The van der Waals surface area contributed by atoms with Crippen molar-refractivity contribution in [3.8, 4) is 0 Å². The van der Waals surface area contributed by atoms with Crippen molar-refractivity contribution in [3.63, 3.8) is 0 Å². The molecule has 0 aliphatic rings. The second-order valence-electron chi connectivity index (χ2n) is 6.89. The molecule has 0 aliphatic carbocycles. The van der Waals surface area contributed by atoms with Gasteiger partial charge in [-0.05, 0) is 59.1 Å². The molecule has 2 N–H and O–H groups in total. The van der Waals surface area contributed by atoms with Crippen LogP contribution in [0.15, 0.2) is 71.4 Å². The fraction of sp³-hybridized carbons (Fsp3) is 0.174. The van der Waals surface area contributed by atoms with Crippen LogP contribution in [0.25, 0.3) is 10.9 Å². The van der Waals surface area contributed by atoms with Crippen LogP contribution in [0.5, 0.6) is 0 Å². The number of nitrogens with zero attached hydrogens (tertiary/aromatic N) is 1. The number of fused-ring (bicyclic) bond motifs is 1. The van der Waals surface area contributed by atoms with E-state index < -0.39 is 11.9 Å². The second-order valence-corrected chi connectivity index (χ2v) is 7.67. The van der Waals surface area contributed by atoms with Gasteiger partial charge in [-0.2, -0.15) is 24.5 Å². The van der Waals surface area contributed by atoms with Crippen LogP contribution < -0.4 is 10.6 Å².